The van der Waals surface area contributed by atoms with E-state index >= 15 is 0 Å². The molecule has 0 spiro atoms. The number of benzene rings is 2. The number of hydrogen-bond donors (Lipinski definition) is 2. The molecule has 1 aliphatic heterocycles. The van der Waals surface area contributed by atoms with Gasteiger partial charge in [0.2, 0.25) is 0 Å². The summed E-state index contributed by atoms with van der Waals surface area (Å²) in [5.41, 5.74) is 1.35. The van der Waals surface area contributed by atoms with E-state index in [9.17, 15) is 8.42 Å². The minimum absolute atomic E-state index is 0.125. The molecular formula is C17H20ClN3O3S. The van der Waals surface area contributed by atoms with Gasteiger partial charge >= 0.3 is 0 Å². The molecule has 2 N–H and O–H groups in total. The average molecular weight is 382 g/mol. The van der Waals surface area contributed by atoms with Crippen LogP contribution >= 0.6 is 11.6 Å². The third kappa shape index (κ3) is 4.18. The van der Waals surface area contributed by atoms with E-state index in [2.05, 4.69) is 14.9 Å². The van der Waals surface area contributed by atoms with E-state index in [1.165, 1.54) is 12.1 Å². The van der Waals surface area contributed by atoms with Crippen molar-refractivity contribution >= 4 is 33.0 Å². The minimum Gasteiger partial charge on any atom is -0.495 e. The Labute approximate surface area is 152 Å². The van der Waals surface area contributed by atoms with Gasteiger partial charge in [-0.1, -0.05) is 17.7 Å². The maximum Gasteiger partial charge on any atom is 0.261 e. The van der Waals surface area contributed by atoms with Crippen molar-refractivity contribution in [3.05, 3.63) is 47.5 Å². The predicted molar refractivity (Wildman–Crippen MR) is 100 cm³/mol. The van der Waals surface area contributed by atoms with E-state index in [-0.39, 0.29) is 4.90 Å². The minimum atomic E-state index is -3.71. The second-order valence-corrected chi connectivity index (χ2v) is 7.81. The number of anilines is 2. The Kier molecular flexibility index (Phi) is 5.36. The molecule has 1 fully saturated rings. The molecule has 0 unspecified atom stereocenters. The fourth-order valence-corrected chi connectivity index (χ4v) is 4.10. The van der Waals surface area contributed by atoms with E-state index in [1.807, 2.05) is 0 Å². The molecule has 0 aliphatic carbocycles. The number of rotatable bonds is 5. The van der Waals surface area contributed by atoms with Crippen LogP contribution in [0.5, 0.6) is 5.75 Å². The first-order valence-electron chi connectivity index (χ1n) is 7.92. The first-order chi connectivity index (χ1) is 12.0. The number of ether oxygens (including phenoxy) is 1. The molecular weight excluding hydrogens is 362 g/mol. The molecule has 1 heterocycles. The summed E-state index contributed by atoms with van der Waals surface area (Å²) in [4.78, 5) is 2.30. The third-order valence-corrected chi connectivity index (χ3v) is 5.61. The highest BCUT2D eigenvalue weighted by atomic mass is 35.5. The summed E-state index contributed by atoms with van der Waals surface area (Å²) in [6, 6.07) is 11.4. The van der Waals surface area contributed by atoms with Gasteiger partial charge in [-0.3, -0.25) is 4.72 Å². The Hall–Kier alpha value is -1.96. The molecule has 6 nitrogen and oxygen atoms in total. The van der Waals surface area contributed by atoms with Crippen molar-refractivity contribution in [2.24, 2.45) is 0 Å². The van der Waals surface area contributed by atoms with Crippen molar-refractivity contribution < 1.29 is 13.2 Å². The molecule has 0 bridgehead atoms. The van der Waals surface area contributed by atoms with Gasteiger partial charge in [0.15, 0.2) is 0 Å². The molecule has 0 amide bonds. The zero-order chi connectivity index (χ0) is 17.9. The number of hydrogen-bond acceptors (Lipinski definition) is 5. The predicted octanol–water partition coefficient (Wildman–Crippen LogP) is 2.56. The van der Waals surface area contributed by atoms with Crippen molar-refractivity contribution in [1.29, 1.82) is 0 Å². The quantitative estimate of drug-likeness (QED) is 0.832. The molecule has 134 valence electrons. The van der Waals surface area contributed by atoms with Gasteiger partial charge in [-0.05, 0) is 36.4 Å². The first-order valence-corrected chi connectivity index (χ1v) is 9.78. The lowest BCUT2D eigenvalue weighted by Crippen LogP contribution is -2.43. The lowest BCUT2D eigenvalue weighted by atomic mass is 10.2. The Morgan fingerprint density at radius 3 is 2.60 bits per heavy atom. The summed E-state index contributed by atoms with van der Waals surface area (Å²) in [5, 5.41) is 3.67. The van der Waals surface area contributed by atoms with E-state index in [1.54, 1.807) is 37.4 Å². The van der Waals surface area contributed by atoms with Gasteiger partial charge < -0.3 is 15.0 Å². The van der Waals surface area contributed by atoms with Crippen LogP contribution in [-0.2, 0) is 10.0 Å². The normalized spacial score (nSPS) is 15.0. The number of piperazine rings is 1. The van der Waals surface area contributed by atoms with Crippen LogP contribution in [0, 0.1) is 0 Å². The number of nitrogens with zero attached hydrogens (tertiary/aromatic N) is 1. The van der Waals surface area contributed by atoms with E-state index < -0.39 is 10.0 Å². The van der Waals surface area contributed by atoms with Crippen molar-refractivity contribution in [3.8, 4) is 5.75 Å². The molecule has 0 atom stereocenters. The van der Waals surface area contributed by atoms with Gasteiger partial charge in [0.1, 0.15) is 5.75 Å². The molecule has 1 saturated heterocycles. The van der Waals surface area contributed by atoms with Crippen molar-refractivity contribution in [3.63, 3.8) is 0 Å². The SMILES string of the molecule is COc1ccc(NS(=O)(=O)c2cccc(Cl)c2)cc1N1CCNCC1. The maximum atomic E-state index is 12.6. The summed E-state index contributed by atoms with van der Waals surface area (Å²) in [5.74, 6) is 0.715. The van der Waals surface area contributed by atoms with Crippen molar-refractivity contribution in [1.82, 2.24) is 5.32 Å². The lowest BCUT2D eigenvalue weighted by molar-refractivity contribution is 0.413. The molecule has 0 saturated carbocycles. The Morgan fingerprint density at radius 1 is 1.16 bits per heavy atom. The van der Waals surface area contributed by atoms with Gasteiger partial charge in [-0.25, -0.2) is 8.42 Å². The molecule has 2 aromatic rings. The molecule has 3 rings (SSSR count). The van der Waals surface area contributed by atoms with E-state index in [4.69, 9.17) is 16.3 Å². The van der Waals surface area contributed by atoms with Crippen LogP contribution in [0.15, 0.2) is 47.4 Å². The van der Waals surface area contributed by atoms with E-state index in [0.717, 1.165) is 31.9 Å². The van der Waals surface area contributed by atoms with Gasteiger partial charge in [0, 0.05) is 31.2 Å². The first kappa shape index (κ1) is 17.8. The molecule has 2 aromatic carbocycles. The highest BCUT2D eigenvalue weighted by molar-refractivity contribution is 7.92. The standard InChI is InChI=1S/C17H20ClN3O3S/c1-24-17-6-5-14(12-16(17)21-9-7-19-8-10-21)20-25(22,23)15-4-2-3-13(18)11-15/h2-6,11-12,19-20H,7-10H2,1H3. The summed E-state index contributed by atoms with van der Waals surface area (Å²) >= 11 is 5.90. The Balaban J connectivity index is 1.89. The number of sulfonamides is 1. The van der Waals surface area contributed by atoms with Gasteiger partial charge in [0.05, 0.1) is 23.4 Å². The molecule has 0 radical (unpaired) electrons. The molecule has 8 heteroatoms. The van der Waals surface area contributed by atoms with Crippen molar-refractivity contribution in [2.45, 2.75) is 4.90 Å². The largest absolute Gasteiger partial charge is 0.495 e. The number of halogens is 1. The van der Waals surface area contributed by atoms with E-state index in [0.29, 0.717) is 16.5 Å². The fraction of sp³-hybridized carbons (Fsp3) is 0.294. The highest BCUT2D eigenvalue weighted by Gasteiger charge is 2.18. The van der Waals surface area contributed by atoms with Crippen LogP contribution < -0.4 is 19.7 Å². The van der Waals surface area contributed by atoms with Crippen molar-refractivity contribution in [2.75, 3.05) is 42.9 Å². The smallest absolute Gasteiger partial charge is 0.261 e. The van der Waals surface area contributed by atoms with Gasteiger partial charge in [0.25, 0.3) is 10.0 Å². The monoisotopic (exact) mass is 381 g/mol. The van der Waals surface area contributed by atoms with Crippen LogP contribution in [0.2, 0.25) is 5.02 Å². The van der Waals surface area contributed by atoms with Gasteiger partial charge in [-0.15, -0.1) is 0 Å². The summed E-state index contributed by atoms with van der Waals surface area (Å²) < 4.78 is 33.2. The van der Waals surface area contributed by atoms with Crippen LogP contribution in [0.25, 0.3) is 0 Å². The average Bonchev–Trinajstić information content (AvgIpc) is 2.62. The molecule has 1 aliphatic rings. The second kappa shape index (κ2) is 7.51. The maximum absolute atomic E-state index is 12.6. The summed E-state index contributed by atoms with van der Waals surface area (Å²) in [7, 11) is -2.10. The Morgan fingerprint density at radius 2 is 1.92 bits per heavy atom. The topological polar surface area (TPSA) is 70.7 Å². The molecule has 25 heavy (non-hydrogen) atoms. The number of methoxy groups -OCH3 is 1. The van der Waals surface area contributed by atoms with Crippen LogP contribution in [-0.4, -0.2) is 41.7 Å². The summed E-state index contributed by atoms with van der Waals surface area (Å²) in [6.45, 7) is 3.42. The van der Waals surface area contributed by atoms with Gasteiger partial charge in [-0.2, -0.15) is 0 Å². The molecule has 0 aromatic heterocycles. The lowest BCUT2D eigenvalue weighted by Gasteiger charge is -2.31. The zero-order valence-electron chi connectivity index (χ0n) is 13.8. The fourth-order valence-electron chi connectivity index (χ4n) is 2.75. The Bertz CT molecular complexity index is 852. The van der Waals surface area contributed by atoms with Crippen LogP contribution in [0.4, 0.5) is 11.4 Å². The second-order valence-electron chi connectivity index (χ2n) is 5.69. The number of nitrogens with one attached hydrogen (secondary N) is 2. The highest BCUT2D eigenvalue weighted by Crippen LogP contribution is 2.32. The summed E-state index contributed by atoms with van der Waals surface area (Å²) in [6.07, 6.45) is 0. The zero-order valence-corrected chi connectivity index (χ0v) is 15.4. The van der Waals surface area contributed by atoms with Crippen LogP contribution in [0.1, 0.15) is 0 Å². The third-order valence-electron chi connectivity index (χ3n) is 4.00. The van der Waals surface area contributed by atoms with Crippen LogP contribution in [0.3, 0.4) is 0 Å².